The number of hydrogen-bond acceptors (Lipinski definition) is 5. The Morgan fingerprint density at radius 3 is 2.78 bits per heavy atom. The number of nitro groups is 1. The number of nitro benzene ring substituents is 1. The molecular weight excluding hydrogens is 298 g/mol. The lowest BCUT2D eigenvalue weighted by Gasteiger charge is -2.18. The fraction of sp³-hybridized carbons (Fsp3) is 0.118. The predicted molar refractivity (Wildman–Crippen MR) is 83.9 cm³/mol. The Hall–Kier alpha value is -3.15. The highest BCUT2D eigenvalue weighted by Gasteiger charge is 2.23. The fourth-order valence-electron chi connectivity index (χ4n) is 2.42. The molecule has 1 heterocycles. The van der Waals surface area contributed by atoms with Crippen LogP contribution in [-0.4, -0.2) is 24.4 Å². The largest absolute Gasteiger partial charge is 0.490 e. The van der Waals surface area contributed by atoms with Crippen LogP contribution in [0.15, 0.2) is 48.0 Å². The van der Waals surface area contributed by atoms with Gasteiger partial charge in [0.1, 0.15) is 12.4 Å². The van der Waals surface area contributed by atoms with E-state index >= 15 is 0 Å². The van der Waals surface area contributed by atoms with Gasteiger partial charge in [0, 0.05) is 11.6 Å². The molecule has 0 spiro atoms. The van der Waals surface area contributed by atoms with Crippen LogP contribution < -0.4 is 9.47 Å². The topological polar surface area (TPSA) is 78.7 Å². The Kier molecular flexibility index (Phi) is 3.80. The number of nitrogens with zero attached hydrogens (tertiary/aromatic N) is 1. The molecule has 2 aromatic carbocycles. The van der Waals surface area contributed by atoms with Crippen molar-refractivity contribution >= 4 is 17.5 Å². The van der Waals surface area contributed by atoms with E-state index in [0.29, 0.717) is 22.4 Å². The van der Waals surface area contributed by atoms with Crippen LogP contribution >= 0.6 is 0 Å². The third-order valence-corrected chi connectivity index (χ3v) is 3.55. The average Bonchev–Trinajstić information content (AvgIpc) is 2.57. The summed E-state index contributed by atoms with van der Waals surface area (Å²) in [5.41, 5.74) is 1.34. The molecule has 116 valence electrons. The van der Waals surface area contributed by atoms with Gasteiger partial charge in [-0.25, -0.2) is 0 Å². The van der Waals surface area contributed by atoms with Gasteiger partial charge >= 0.3 is 5.69 Å². The standard InChI is InChI=1S/C17H13NO5/c1-22-16-7-6-11(9-14(16)18(20)21)8-12-10-23-15-5-3-2-4-13(15)17(12)19/h2-9H,10H2,1H3/b12-8-. The van der Waals surface area contributed by atoms with Crippen molar-refractivity contribution in [3.05, 3.63) is 69.3 Å². The zero-order chi connectivity index (χ0) is 16.4. The summed E-state index contributed by atoms with van der Waals surface area (Å²) in [5.74, 6) is 0.592. The molecule has 0 amide bonds. The first-order valence-corrected chi connectivity index (χ1v) is 6.89. The number of hydrogen-bond donors (Lipinski definition) is 0. The van der Waals surface area contributed by atoms with Crippen LogP contribution in [0.25, 0.3) is 6.08 Å². The highest BCUT2D eigenvalue weighted by atomic mass is 16.6. The van der Waals surface area contributed by atoms with E-state index in [1.54, 1.807) is 36.4 Å². The van der Waals surface area contributed by atoms with Gasteiger partial charge in [-0.05, 0) is 29.8 Å². The molecule has 0 saturated carbocycles. The number of Topliss-reactive ketones (excluding diaryl/α,β-unsaturated/α-hetero) is 1. The monoisotopic (exact) mass is 311 g/mol. The molecule has 0 fully saturated rings. The van der Waals surface area contributed by atoms with Gasteiger partial charge in [-0.2, -0.15) is 0 Å². The van der Waals surface area contributed by atoms with Crippen molar-refractivity contribution in [2.24, 2.45) is 0 Å². The minimum absolute atomic E-state index is 0.134. The lowest BCUT2D eigenvalue weighted by atomic mass is 9.98. The zero-order valence-electron chi connectivity index (χ0n) is 12.3. The van der Waals surface area contributed by atoms with Crippen LogP contribution in [0.4, 0.5) is 5.69 Å². The summed E-state index contributed by atoms with van der Waals surface area (Å²) in [4.78, 5) is 23.0. The average molecular weight is 311 g/mol. The van der Waals surface area contributed by atoms with E-state index in [2.05, 4.69) is 0 Å². The van der Waals surface area contributed by atoms with Gasteiger partial charge in [0.25, 0.3) is 0 Å². The summed E-state index contributed by atoms with van der Waals surface area (Å²) in [6, 6.07) is 11.5. The van der Waals surface area contributed by atoms with Crippen molar-refractivity contribution in [2.75, 3.05) is 13.7 Å². The Labute approximate surface area is 132 Å². The molecule has 6 nitrogen and oxygen atoms in total. The van der Waals surface area contributed by atoms with E-state index in [9.17, 15) is 14.9 Å². The lowest BCUT2D eigenvalue weighted by Crippen LogP contribution is -2.18. The maximum Gasteiger partial charge on any atom is 0.311 e. The van der Waals surface area contributed by atoms with Crippen LogP contribution in [0, 0.1) is 10.1 Å². The number of ether oxygens (including phenoxy) is 2. The number of rotatable bonds is 3. The maximum atomic E-state index is 12.5. The predicted octanol–water partition coefficient (Wildman–Crippen LogP) is 3.26. The second-order valence-corrected chi connectivity index (χ2v) is 4.97. The quantitative estimate of drug-likeness (QED) is 0.494. The Morgan fingerprint density at radius 1 is 1.26 bits per heavy atom. The van der Waals surface area contributed by atoms with E-state index < -0.39 is 4.92 Å². The molecule has 0 atom stereocenters. The number of methoxy groups -OCH3 is 1. The Bertz CT molecular complexity index is 825. The van der Waals surface area contributed by atoms with E-state index in [4.69, 9.17) is 9.47 Å². The van der Waals surface area contributed by atoms with E-state index in [0.717, 1.165) is 0 Å². The first-order valence-electron chi connectivity index (χ1n) is 6.89. The molecule has 2 aromatic rings. The van der Waals surface area contributed by atoms with Crippen molar-refractivity contribution in [2.45, 2.75) is 0 Å². The summed E-state index contributed by atoms with van der Waals surface area (Å²) in [7, 11) is 1.37. The molecule has 6 heteroatoms. The van der Waals surface area contributed by atoms with Crippen molar-refractivity contribution in [1.82, 2.24) is 0 Å². The molecule has 1 aliphatic rings. The molecule has 23 heavy (non-hydrogen) atoms. The third-order valence-electron chi connectivity index (χ3n) is 3.55. The number of para-hydroxylation sites is 1. The number of fused-ring (bicyclic) bond motifs is 1. The molecule has 0 aromatic heterocycles. The van der Waals surface area contributed by atoms with Crippen molar-refractivity contribution < 1.29 is 19.2 Å². The Morgan fingerprint density at radius 2 is 2.04 bits per heavy atom. The van der Waals surface area contributed by atoms with Gasteiger partial charge in [-0.1, -0.05) is 18.2 Å². The van der Waals surface area contributed by atoms with Crippen molar-refractivity contribution in [3.8, 4) is 11.5 Å². The normalized spacial score (nSPS) is 15.0. The Balaban J connectivity index is 1.98. The van der Waals surface area contributed by atoms with Gasteiger partial charge < -0.3 is 9.47 Å². The van der Waals surface area contributed by atoms with E-state index in [-0.39, 0.29) is 23.8 Å². The molecule has 0 aliphatic carbocycles. The van der Waals surface area contributed by atoms with Crippen LogP contribution in [0.3, 0.4) is 0 Å². The molecule has 3 rings (SSSR count). The van der Waals surface area contributed by atoms with E-state index in [1.807, 2.05) is 0 Å². The van der Waals surface area contributed by atoms with Crippen LogP contribution in [0.2, 0.25) is 0 Å². The lowest BCUT2D eigenvalue weighted by molar-refractivity contribution is -0.385. The molecule has 0 saturated heterocycles. The summed E-state index contributed by atoms with van der Waals surface area (Å²) in [6.45, 7) is 0.135. The van der Waals surface area contributed by atoms with Crippen molar-refractivity contribution in [1.29, 1.82) is 0 Å². The first kappa shape index (κ1) is 14.8. The molecule has 0 radical (unpaired) electrons. The number of carbonyl (C=O) groups excluding carboxylic acids is 1. The van der Waals surface area contributed by atoms with Gasteiger partial charge in [-0.3, -0.25) is 14.9 Å². The van der Waals surface area contributed by atoms with Gasteiger partial charge in [0.05, 0.1) is 17.6 Å². The van der Waals surface area contributed by atoms with Crippen molar-refractivity contribution in [3.63, 3.8) is 0 Å². The van der Waals surface area contributed by atoms with Gasteiger partial charge in [-0.15, -0.1) is 0 Å². The highest BCUT2D eigenvalue weighted by molar-refractivity contribution is 6.14. The summed E-state index contributed by atoms with van der Waals surface area (Å²) in [5, 5.41) is 11.1. The van der Waals surface area contributed by atoms with Gasteiger partial charge in [0.2, 0.25) is 0 Å². The number of benzene rings is 2. The molecule has 0 bridgehead atoms. The minimum Gasteiger partial charge on any atom is -0.490 e. The first-order chi connectivity index (χ1) is 11.1. The second kappa shape index (κ2) is 5.92. The molecule has 1 aliphatic heterocycles. The maximum absolute atomic E-state index is 12.5. The van der Waals surface area contributed by atoms with Gasteiger partial charge in [0.15, 0.2) is 11.5 Å². The molecule has 0 N–H and O–H groups in total. The van der Waals surface area contributed by atoms with E-state index in [1.165, 1.54) is 19.2 Å². The summed E-state index contributed by atoms with van der Waals surface area (Å²) in [6.07, 6.45) is 1.60. The summed E-state index contributed by atoms with van der Waals surface area (Å²) < 4.78 is 10.5. The van der Waals surface area contributed by atoms with Crippen LogP contribution in [0.5, 0.6) is 11.5 Å². The number of carbonyl (C=O) groups is 1. The molecule has 0 unspecified atom stereocenters. The summed E-state index contributed by atoms with van der Waals surface area (Å²) >= 11 is 0. The third kappa shape index (κ3) is 2.78. The number of ketones is 1. The highest BCUT2D eigenvalue weighted by Crippen LogP contribution is 2.31. The fourth-order valence-corrected chi connectivity index (χ4v) is 2.42. The second-order valence-electron chi connectivity index (χ2n) is 4.97. The minimum atomic E-state index is -0.519. The van der Waals surface area contributed by atoms with Crippen LogP contribution in [0.1, 0.15) is 15.9 Å². The molecular formula is C17H13NO5. The van der Waals surface area contributed by atoms with Crippen LogP contribution in [-0.2, 0) is 0 Å². The zero-order valence-corrected chi connectivity index (χ0v) is 12.3. The SMILES string of the molecule is COc1ccc(/C=C2/COc3ccccc3C2=O)cc1[N+](=O)[O-]. The smallest absolute Gasteiger partial charge is 0.311 e.